The molecule has 0 bridgehead atoms. The number of benzene rings is 1. The van der Waals surface area contributed by atoms with Crippen molar-refractivity contribution in [3.05, 3.63) is 45.7 Å². The SMILES string of the molecule is CCN(C(=O)c1cc(C)cc(C)c1)S(=O)(=O)c1c(C)nn(C)c1Cl. The molecule has 0 spiro atoms. The maximum absolute atomic E-state index is 13.0. The van der Waals surface area contributed by atoms with Gasteiger partial charge in [0.05, 0.1) is 5.69 Å². The third kappa shape index (κ3) is 3.18. The summed E-state index contributed by atoms with van der Waals surface area (Å²) in [7, 11) is -2.54. The number of hydrogen-bond donors (Lipinski definition) is 0. The van der Waals surface area contributed by atoms with Crippen LogP contribution >= 0.6 is 11.6 Å². The van der Waals surface area contributed by atoms with Gasteiger partial charge in [0.1, 0.15) is 10.0 Å². The van der Waals surface area contributed by atoms with E-state index >= 15 is 0 Å². The molecule has 0 N–H and O–H groups in total. The highest BCUT2D eigenvalue weighted by Gasteiger charge is 2.34. The number of amides is 1. The third-order valence-electron chi connectivity index (χ3n) is 3.63. The van der Waals surface area contributed by atoms with E-state index in [9.17, 15) is 13.2 Å². The van der Waals surface area contributed by atoms with Gasteiger partial charge < -0.3 is 0 Å². The Labute approximate surface area is 147 Å². The van der Waals surface area contributed by atoms with Crippen molar-refractivity contribution in [1.29, 1.82) is 0 Å². The van der Waals surface area contributed by atoms with E-state index in [1.807, 2.05) is 19.9 Å². The summed E-state index contributed by atoms with van der Waals surface area (Å²) in [5, 5.41) is 4.01. The van der Waals surface area contributed by atoms with Crippen LogP contribution in [-0.2, 0) is 17.1 Å². The van der Waals surface area contributed by atoms with Gasteiger partial charge in [-0.25, -0.2) is 12.7 Å². The smallest absolute Gasteiger partial charge is 0.268 e. The number of aromatic nitrogens is 2. The summed E-state index contributed by atoms with van der Waals surface area (Å²) in [6.45, 7) is 6.87. The molecule has 24 heavy (non-hydrogen) atoms. The Bertz CT molecular complexity index is 883. The average Bonchev–Trinajstić information content (AvgIpc) is 2.71. The lowest BCUT2D eigenvalue weighted by Gasteiger charge is -2.21. The van der Waals surface area contributed by atoms with E-state index in [4.69, 9.17) is 11.6 Å². The molecule has 6 nitrogen and oxygen atoms in total. The van der Waals surface area contributed by atoms with Gasteiger partial charge in [0.2, 0.25) is 0 Å². The Balaban J connectivity index is 2.56. The third-order valence-corrected chi connectivity index (χ3v) is 6.19. The molecule has 0 saturated heterocycles. The van der Waals surface area contributed by atoms with Crippen LogP contribution in [0.25, 0.3) is 0 Å². The largest absolute Gasteiger partial charge is 0.271 e. The molecule has 2 aromatic rings. The Kier molecular flexibility index (Phi) is 5.05. The Morgan fingerprint density at radius 2 is 1.75 bits per heavy atom. The van der Waals surface area contributed by atoms with Crippen molar-refractivity contribution < 1.29 is 13.2 Å². The van der Waals surface area contributed by atoms with Crippen LogP contribution < -0.4 is 0 Å². The first-order chi connectivity index (χ1) is 11.1. The topological polar surface area (TPSA) is 72.3 Å². The lowest BCUT2D eigenvalue weighted by molar-refractivity contribution is 0.0866. The molecule has 0 aliphatic heterocycles. The van der Waals surface area contributed by atoms with Gasteiger partial charge in [0.25, 0.3) is 15.9 Å². The fourth-order valence-electron chi connectivity index (χ4n) is 2.68. The Morgan fingerprint density at radius 3 is 2.17 bits per heavy atom. The molecule has 0 aliphatic rings. The molecular weight excluding hydrogens is 350 g/mol. The number of hydrogen-bond acceptors (Lipinski definition) is 4. The fraction of sp³-hybridized carbons (Fsp3) is 0.375. The summed E-state index contributed by atoms with van der Waals surface area (Å²) in [4.78, 5) is 12.7. The average molecular weight is 370 g/mol. The van der Waals surface area contributed by atoms with Crippen molar-refractivity contribution in [2.75, 3.05) is 6.54 Å². The monoisotopic (exact) mass is 369 g/mol. The molecule has 8 heteroatoms. The van der Waals surface area contributed by atoms with Crippen molar-refractivity contribution in [2.45, 2.75) is 32.6 Å². The summed E-state index contributed by atoms with van der Waals surface area (Å²) >= 11 is 6.08. The molecule has 0 radical (unpaired) electrons. The molecule has 0 aliphatic carbocycles. The fourth-order valence-corrected chi connectivity index (χ4v) is 4.79. The van der Waals surface area contributed by atoms with Gasteiger partial charge in [-0.15, -0.1) is 0 Å². The number of aryl methyl sites for hydroxylation is 4. The molecule has 1 aromatic heterocycles. The standard InChI is InChI=1S/C16H20ClN3O3S/c1-6-20(16(21)13-8-10(2)7-11(3)9-13)24(22,23)14-12(4)18-19(5)15(14)17/h7-9H,6H2,1-5H3. The van der Waals surface area contributed by atoms with Crippen molar-refractivity contribution in [3.63, 3.8) is 0 Å². The summed E-state index contributed by atoms with van der Waals surface area (Å²) in [6.07, 6.45) is 0. The number of carbonyl (C=O) groups is 1. The van der Waals surface area contributed by atoms with Crippen molar-refractivity contribution in [1.82, 2.24) is 14.1 Å². The molecular formula is C16H20ClN3O3S. The first-order valence-electron chi connectivity index (χ1n) is 7.44. The predicted molar refractivity (Wildman–Crippen MR) is 92.8 cm³/mol. The second kappa shape index (κ2) is 6.57. The van der Waals surface area contributed by atoms with Crippen LogP contribution in [0.4, 0.5) is 0 Å². The van der Waals surface area contributed by atoms with Gasteiger partial charge in [-0.05, 0) is 39.8 Å². The van der Waals surface area contributed by atoms with Gasteiger partial charge in [-0.2, -0.15) is 5.10 Å². The van der Waals surface area contributed by atoms with E-state index < -0.39 is 15.9 Å². The minimum Gasteiger partial charge on any atom is -0.268 e. The zero-order chi connectivity index (χ0) is 18.2. The molecule has 0 saturated carbocycles. The van der Waals surface area contributed by atoms with Crippen LogP contribution in [-0.4, -0.2) is 35.0 Å². The molecule has 130 valence electrons. The van der Waals surface area contributed by atoms with E-state index in [0.29, 0.717) is 5.56 Å². The van der Waals surface area contributed by atoms with Crippen LogP contribution in [0.3, 0.4) is 0 Å². The molecule has 1 aromatic carbocycles. The molecule has 0 unspecified atom stereocenters. The number of carbonyl (C=O) groups excluding carboxylic acids is 1. The highest BCUT2D eigenvalue weighted by atomic mass is 35.5. The van der Waals surface area contributed by atoms with E-state index in [-0.39, 0.29) is 22.3 Å². The summed E-state index contributed by atoms with van der Waals surface area (Å²) < 4.78 is 28.0. The van der Waals surface area contributed by atoms with E-state index in [2.05, 4.69) is 5.10 Å². The van der Waals surface area contributed by atoms with Crippen molar-refractivity contribution >= 4 is 27.5 Å². The Morgan fingerprint density at radius 1 is 1.21 bits per heavy atom. The van der Waals surface area contributed by atoms with Gasteiger partial charge in [-0.1, -0.05) is 28.8 Å². The molecule has 0 fully saturated rings. The number of nitrogens with zero attached hydrogens (tertiary/aromatic N) is 3. The second-order valence-electron chi connectivity index (χ2n) is 5.68. The van der Waals surface area contributed by atoms with Gasteiger partial charge in [-0.3, -0.25) is 9.48 Å². The normalized spacial score (nSPS) is 11.6. The van der Waals surface area contributed by atoms with Crippen molar-refractivity contribution in [2.24, 2.45) is 7.05 Å². The molecule has 0 atom stereocenters. The molecule has 1 heterocycles. The first-order valence-corrected chi connectivity index (χ1v) is 9.25. The van der Waals surface area contributed by atoms with Crippen LogP contribution in [0.15, 0.2) is 23.1 Å². The highest BCUT2D eigenvalue weighted by molar-refractivity contribution is 7.89. The number of sulfonamides is 1. The minimum atomic E-state index is -4.10. The van der Waals surface area contributed by atoms with Crippen LogP contribution in [0, 0.1) is 20.8 Å². The van der Waals surface area contributed by atoms with Gasteiger partial charge >= 0.3 is 0 Å². The van der Waals surface area contributed by atoms with Crippen LogP contribution in [0.1, 0.15) is 34.1 Å². The van der Waals surface area contributed by atoms with Crippen LogP contribution in [0.2, 0.25) is 5.15 Å². The summed E-state index contributed by atoms with van der Waals surface area (Å²) in [6, 6.07) is 5.26. The number of rotatable bonds is 4. The van der Waals surface area contributed by atoms with Crippen LogP contribution in [0.5, 0.6) is 0 Å². The second-order valence-corrected chi connectivity index (χ2v) is 7.84. The molecule has 1 amide bonds. The first kappa shape index (κ1) is 18.5. The van der Waals surface area contributed by atoms with Gasteiger partial charge in [0, 0.05) is 19.2 Å². The maximum Gasteiger partial charge on any atom is 0.271 e. The van der Waals surface area contributed by atoms with Crippen molar-refractivity contribution in [3.8, 4) is 0 Å². The minimum absolute atomic E-state index is 0.00117. The van der Waals surface area contributed by atoms with E-state index in [1.165, 1.54) is 4.68 Å². The van der Waals surface area contributed by atoms with E-state index in [0.717, 1.165) is 15.4 Å². The zero-order valence-electron chi connectivity index (χ0n) is 14.3. The lowest BCUT2D eigenvalue weighted by Crippen LogP contribution is -2.37. The van der Waals surface area contributed by atoms with E-state index in [1.54, 1.807) is 33.0 Å². The quantitative estimate of drug-likeness (QED) is 0.830. The predicted octanol–water partition coefficient (Wildman–Crippen LogP) is 2.85. The summed E-state index contributed by atoms with van der Waals surface area (Å²) in [5.74, 6) is -0.580. The highest BCUT2D eigenvalue weighted by Crippen LogP contribution is 2.28. The Hall–Kier alpha value is -1.86. The summed E-state index contributed by atoms with van der Waals surface area (Å²) in [5.41, 5.74) is 2.37. The molecule has 2 rings (SSSR count). The zero-order valence-corrected chi connectivity index (χ0v) is 15.9. The van der Waals surface area contributed by atoms with Gasteiger partial charge in [0.15, 0.2) is 0 Å². The maximum atomic E-state index is 13.0. The number of halogens is 1. The lowest BCUT2D eigenvalue weighted by atomic mass is 10.1.